The third-order valence-electron chi connectivity index (χ3n) is 3.79. The molecule has 0 unspecified atom stereocenters. The lowest BCUT2D eigenvalue weighted by molar-refractivity contribution is 0.256. The highest BCUT2D eigenvalue weighted by Gasteiger charge is 2.21. The topological polar surface area (TPSA) is 41.6 Å². The third kappa shape index (κ3) is 2.94. The van der Waals surface area contributed by atoms with Crippen molar-refractivity contribution in [3.63, 3.8) is 0 Å². The van der Waals surface area contributed by atoms with Gasteiger partial charge in [0.1, 0.15) is 0 Å². The predicted octanol–water partition coefficient (Wildman–Crippen LogP) is 1.63. The second-order valence-electron chi connectivity index (χ2n) is 5.07. The number of hydrogen-bond donors (Lipinski definition) is 1. The zero-order valence-corrected chi connectivity index (χ0v) is 9.78. The summed E-state index contributed by atoms with van der Waals surface area (Å²) < 4.78 is 0. The largest absolute Gasteiger partial charge is 0.387 e. The maximum atomic E-state index is 6.08. The van der Waals surface area contributed by atoms with Crippen LogP contribution in [-0.2, 0) is 0 Å². The summed E-state index contributed by atoms with van der Waals surface area (Å²) in [7, 11) is 2.18. The summed E-state index contributed by atoms with van der Waals surface area (Å²) in [5.41, 5.74) is 6.08. The van der Waals surface area contributed by atoms with E-state index in [4.69, 9.17) is 10.7 Å². The Morgan fingerprint density at radius 3 is 2.33 bits per heavy atom. The lowest BCUT2D eigenvalue weighted by Crippen LogP contribution is -2.34. The van der Waals surface area contributed by atoms with Crippen LogP contribution in [0.15, 0.2) is 4.99 Å². The molecule has 2 fully saturated rings. The van der Waals surface area contributed by atoms with Crippen molar-refractivity contribution in [1.82, 2.24) is 4.90 Å². The number of aliphatic imine (C=N–C) groups is 1. The summed E-state index contributed by atoms with van der Waals surface area (Å²) in [4.78, 5) is 7.09. The summed E-state index contributed by atoms with van der Waals surface area (Å²) in [5, 5.41) is 0. The van der Waals surface area contributed by atoms with Gasteiger partial charge in [0.05, 0.1) is 11.9 Å². The van der Waals surface area contributed by atoms with Crippen molar-refractivity contribution in [1.29, 1.82) is 0 Å². The molecule has 1 aliphatic heterocycles. The standard InChI is InChI=1S/C12H23N3/c1-15-8-6-11(7-9-15)14-12(13)10-4-2-3-5-10/h10-11H,2-9H2,1H3,(H2,13,14). The van der Waals surface area contributed by atoms with Gasteiger partial charge in [-0.05, 0) is 45.8 Å². The first-order valence-electron chi connectivity index (χ1n) is 6.27. The second-order valence-corrected chi connectivity index (χ2v) is 5.07. The van der Waals surface area contributed by atoms with E-state index in [1.807, 2.05) is 0 Å². The SMILES string of the molecule is CN1CCC(N=C(N)C2CCCC2)CC1. The minimum absolute atomic E-state index is 0.502. The Kier molecular flexibility index (Phi) is 3.62. The van der Waals surface area contributed by atoms with Crippen LogP contribution in [0.4, 0.5) is 0 Å². The molecule has 3 nitrogen and oxygen atoms in total. The van der Waals surface area contributed by atoms with Gasteiger partial charge in [-0.2, -0.15) is 0 Å². The maximum absolute atomic E-state index is 6.08. The van der Waals surface area contributed by atoms with Crippen LogP contribution in [0.2, 0.25) is 0 Å². The number of hydrogen-bond acceptors (Lipinski definition) is 2. The van der Waals surface area contributed by atoms with Gasteiger partial charge in [0.15, 0.2) is 0 Å². The molecule has 1 saturated heterocycles. The highest BCUT2D eigenvalue weighted by molar-refractivity contribution is 5.83. The van der Waals surface area contributed by atoms with Crippen LogP contribution in [0.5, 0.6) is 0 Å². The van der Waals surface area contributed by atoms with Crippen LogP contribution in [-0.4, -0.2) is 36.9 Å². The van der Waals surface area contributed by atoms with Gasteiger partial charge in [0.2, 0.25) is 0 Å². The van der Waals surface area contributed by atoms with Gasteiger partial charge >= 0.3 is 0 Å². The lowest BCUT2D eigenvalue weighted by atomic mass is 10.0. The van der Waals surface area contributed by atoms with Crippen molar-refractivity contribution in [3.05, 3.63) is 0 Å². The first kappa shape index (κ1) is 10.9. The Hall–Kier alpha value is -0.570. The Balaban J connectivity index is 1.85. The second kappa shape index (κ2) is 4.97. The summed E-state index contributed by atoms with van der Waals surface area (Å²) in [6, 6.07) is 0.502. The van der Waals surface area contributed by atoms with Gasteiger partial charge in [0, 0.05) is 5.92 Å². The van der Waals surface area contributed by atoms with E-state index in [0.717, 1.165) is 5.84 Å². The monoisotopic (exact) mass is 209 g/mol. The smallest absolute Gasteiger partial charge is 0.0971 e. The van der Waals surface area contributed by atoms with Crippen molar-refractivity contribution >= 4 is 5.84 Å². The van der Waals surface area contributed by atoms with Crippen LogP contribution < -0.4 is 5.73 Å². The van der Waals surface area contributed by atoms with Crippen LogP contribution in [0, 0.1) is 5.92 Å². The number of nitrogens with zero attached hydrogens (tertiary/aromatic N) is 2. The summed E-state index contributed by atoms with van der Waals surface area (Å²) in [5.74, 6) is 1.55. The molecule has 3 heteroatoms. The maximum Gasteiger partial charge on any atom is 0.0971 e. The van der Waals surface area contributed by atoms with E-state index in [0.29, 0.717) is 12.0 Å². The average molecular weight is 209 g/mol. The Bertz CT molecular complexity index is 223. The Morgan fingerprint density at radius 1 is 1.13 bits per heavy atom. The van der Waals surface area contributed by atoms with E-state index in [1.54, 1.807) is 0 Å². The lowest BCUT2D eigenvalue weighted by Gasteiger charge is -2.27. The van der Waals surface area contributed by atoms with Crippen molar-refractivity contribution in [3.8, 4) is 0 Å². The number of likely N-dealkylation sites (tertiary alicyclic amines) is 1. The molecule has 1 saturated carbocycles. The van der Waals surface area contributed by atoms with E-state index >= 15 is 0 Å². The van der Waals surface area contributed by atoms with Crippen molar-refractivity contribution in [2.75, 3.05) is 20.1 Å². The highest BCUT2D eigenvalue weighted by Crippen LogP contribution is 2.25. The molecule has 0 bridgehead atoms. The number of piperidine rings is 1. The van der Waals surface area contributed by atoms with Crippen LogP contribution in [0.3, 0.4) is 0 Å². The first-order valence-corrected chi connectivity index (χ1v) is 6.27. The summed E-state index contributed by atoms with van der Waals surface area (Å²) >= 11 is 0. The molecule has 1 heterocycles. The predicted molar refractivity (Wildman–Crippen MR) is 64.1 cm³/mol. The van der Waals surface area contributed by atoms with Crippen molar-refractivity contribution < 1.29 is 0 Å². The average Bonchev–Trinajstić information content (AvgIpc) is 2.74. The van der Waals surface area contributed by atoms with Gasteiger partial charge in [-0.1, -0.05) is 12.8 Å². The quantitative estimate of drug-likeness (QED) is 0.555. The molecule has 2 rings (SSSR count). The minimum Gasteiger partial charge on any atom is -0.387 e. The molecular weight excluding hydrogens is 186 g/mol. The minimum atomic E-state index is 0.502. The van der Waals surface area contributed by atoms with Gasteiger partial charge < -0.3 is 10.6 Å². The zero-order valence-electron chi connectivity index (χ0n) is 9.78. The van der Waals surface area contributed by atoms with Crippen molar-refractivity contribution in [2.24, 2.45) is 16.6 Å². The van der Waals surface area contributed by atoms with Crippen LogP contribution in [0.25, 0.3) is 0 Å². The third-order valence-corrected chi connectivity index (χ3v) is 3.79. The van der Waals surface area contributed by atoms with Gasteiger partial charge in [0.25, 0.3) is 0 Å². The molecule has 86 valence electrons. The molecule has 15 heavy (non-hydrogen) atoms. The fourth-order valence-corrected chi connectivity index (χ4v) is 2.66. The summed E-state index contributed by atoms with van der Waals surface area (Å²) in [6.45, 7) is 2.35. The highest BCUT2D eigenvalue weighted by atomic mass is 15.1. The van der Waals surface area contributed by atoms with Gasteiger partial charge in [-0.25, -0.2) is 0 Å². The molecule has 1 aliphatic carbocycles. The molecule has 0 aromatic carbocycles. The Morgan fingerprint density at radius 2 is 1.73 bits per heavy atom. The Labute approximate surface area is 92.7 Å². The van der Waals surface area contributed by atoms with Crippen LogP contribution in [0.1, 0.15) is 38.5 Å². The number of amidine groups is 1. The molecule has 0 aromatic heterocycles. The fraction of sp³-hybridized carbons (Fsp3) is 0.917. The first-order chi connectivity index (χ1) is 7.25. The van der Waals surface area contributed by atoms with E-state index in [9.17, 15) is 0 Å². The molecule has 0 radical (unpaired) electrons. The fourth-order valence-electron chi connectivity index (χ4n) is 2.66. The normalized spacial score (nSPS) is 27.4. The van der Waals surface area contributed by atoms with Crippen LogP contribution >= 0.6 is 0 Å². The van der Waals surface area contributed by atoms with E-state index in [1.165, 1.54) is 51.6 Å². The summed E-state index contributed by atoms with van der Waals surface area (Å²) in [6.07, 6.45) is 7.58. The van der Waals surface area contributed by atoms with E-state index < -0.39 is 0 Å². The zero-order chi connectivity index (χ0) is 10.7. The molecule has 2 aliphatic rings. The van der Waals surface area contributed by atoms with E-state index in [-0.39, 0.29) is 0 Å². The molecule has 2 N–H and O–H groups in total. The molecule has 0 amide bonds. The molecule has 0 spiro atoms. The molecule has 0 aromatic rings. The van der Waals surface area contributed by atoms with Crippen molar-refractivity contribution in [2.45, 2.75) is 44.6 Å². The van der Waals surface area contributed by atoms with Gasteiger partial charge in [-0.15, -0.1) is 0 Å². The number of rotatable bonds is 2. The molecule has 0 atom stereocenters. The van der Waals surface area contributed by atoms with Gasteiger partial charge in [-0.3, -0.25) is 4.99 Å². The molecular formula is C12H23N3. The number of nitrogens with two attached hydrogens (primary N) is 1. The van der Waals surface area contributed by atoms with E-state index in [2.05, 4.69) is 11.9 Å².